The number of aromatic hydroxyl groups is 1. The van der Waals surface area contributed by atoms with E-state index in [1.807, 2.05) is 13.8 Å². The molecule has 2 aliphatic rings. The summed E-state index contributed by atoms with van der Waals surface area (Å²) < 4.78 is 5.91. The fourth-order valence-corrected chi connectivity index (χ4v) is 7.82. The van der Waals surface area contributed by atoms with Gasteiger partial charge in [-0.2, -0.15) is 0 Å². The number of esters is 1. The monoisotopic (exact) mass is 878 g/mol. The molecule has 19 nitrogen and oxygen atoms in total. The molecule has 344 valence electrons. The Balaban J connectivity index is 1.86. The molecule has 5 N–H and O–H groups in total. The van der Waals surface area contributed by atoms with Crippen LogP contribution in [-0.2, 0) is 38.3 Å². The van der Waals surface area contributed by atoms with E-state index in [-0.39, 0.29) is 31.2 Å². The number of aromatic nitrogens is 1. The van der Waals surface area contributed by atoms with Crippen LogP contribution in [0.25, 0.3) is 0 Å². The van der Waals surface area contributed by atoms with E-state index in [1.54, 1.807) is 51.1 Å². The molecule has 2 aliphatic heterocycles. The largest absolute Gasteiger partial charge is 0.505 e. The predicted molar refractivity (Wildman–Crippen MR) is 228 cm³/mol. The van der Waals surface area contributed by atoms with E-state index in [4.69, 9.17) is 4.74 Å². The van der Waals surface area contributed by atoms with Gasteiger partial charge < -0.3 is 50.5 Å². The molecule has 1 unspecified atom stereocenters. The Morgan fingerprint density at radius 1 is 0.873 bits per heavy atom. The van der Waals surface area contributed by atoms with E-state index < -0.39 is 120 Å². The number of cyclic esters (lactones) is 1. The molecule has 1 aromatic carbocycles. The molecule has 2 fully saturated rings. The van der Waals surface area contributed by atoms with E-state index in [2.05, 4.69) is 20.9 Å². The summed E-state index contributed by atoms with van der Waals surface area (Å²) in [6, 6.07) is 2.60. The molecular formula is C44H62N8O11. The molecule has 1 aromatic heterocycles. The summed E-state index contributed by atoms with van der Waals surface area (Å²) in [4.78, 5) is 122. The number of nitrogens with one attached hydrogen (secondary N) is 3. The highest BCUT2D eigenvalue weighted by Gasteiger charge is 2.45. The van der Waals surface area contributed by atoms with Crippen molar-refractivity contribution in [1.82, 2.24) is 40.5 Å². The van der Waals surface area contributed by atoms with Crippen LogP contribution < -0.4 is 16.0 Å². The highest BCUT2D eigenvalue weighted by molar-refractivity contribution is 6.00. The Morgan fingerprint density at radius 2 is 1.52 bits per heavy atom. The van der Waals surface area contributed by atoms with Crippen molar-refractivity contribution >= 4 is 47.3 Å². The van der Waals surface area contributed by atoms with Crippen molar-refractivity contribution in [2.75, 3.05) is 34.2 Å². The lowest BCUT2D eigenvalue weighted by Crippen LogP contribution is -2.60. The van der Waals surface area contributed by atoms with E-state index in [9.17, 15) is 48.6 Å². The Hall–Kier alpha value is -6.11. The molecule has 19 heteroatoms. The van der Waals surface area contributed by atoms with E-state index >= 15 is 0 Å². The molecule has 9 atom stereocenters. The SMILES string of the molecule is CC(C)C[C@H]1NC(=O)[C@@H](NC(=O)c2ncccc2O)[C@@H](C)OC(=O)[C@@H](c2ccccc2)N(C)C(=O)[C@H](C)NC(=O)[C@H](C(C)C(C)C)N(C)C(=O)CN(C)C(=O)[C@H]2C[C@@H](O)CN2C1=O. The van der Waals surface area contributed by atoms with Gasteiger partial charge in [-0.05, 0) is 55.7 Å². The summed E-state index contributed by atoms with van der Waals surface area (Å²) in [5.74, 6) is -7.75. The highest BCUT2D eigenvalue weighted by Crippen LogP contribution is 2.26. The number of carbonyl (C=O) groups is 8. The summed E-state index contributed by atoms with van der Waals surface area (Å²) in [6.07, 6.45) is -1.52. The van der Waals surface area contributed by atoms with Gasteiger partial charge in [-0.15, -0.1) is 0 Å². The Bertz CT molecular complexity index is 2020. The second kappa shape index (κ2) is 21.3. The van der Waals surface area contributed by atoms with Crippen molar-refractivity contribution in [3.8, 4) is 5.75 Å². The Labute approximate surface area is 367 Å². The first-order valence-corrected chi connectivity index (χ1v) is 21.1. The third-order valence-electron chi connectivity index (χ3n) is 11.7. The van der Waals surface area contributed by atoms with Crippen LogP contribution in [-0.4, -0.2) is 159 Å². The van der Waals surface area contributed by atoms with Gasteiger partial charge in [0.25, 0.3) is 5.91 Å². The van der Waals surface area contributed by atoms with Crippen LogP contribution in [0.15, 0.2) is 48.7 Å². The van der Waals surface area contributed by atoms with Gasteiger partial charge in [-0.1, -0.05) is 65.0 Å². The van der Waals surface area contributed by atoms with Crippen molar-refractivity contribution in [3.05, 3.63) is 59.9 Å². The number of pyridine rings is 1. The van der Waals surface area contributed by atoms with Gasteiger partial charge in [0.05, 0.1) is 12.6 Å². The van der Waals surface area contributed by atoms with E-state index in [0.717, 1.165) is 14.7 Å². The lowest BCUT2D eigenvalue weighted by atomic mass is 9.88. The molecule has 0 aliphatic carbocycles. The number of hydrogen-bond donors (Lipinski definition) is 5. The second-order valence-corrected chi connectivity index (χ2v) is 17.3. The van der Waals surface area contributed by atoms with Crippen LogP contribution in [0.5, 0.6) is 5.75 Å². The zero-order valence-electron chi connectivity index (χ0n) is 37.6. The fraction of sp³-hybridized carbons (Fsp3) is 0.568. The minimum absolute atomic E-state index is 0.0335. The van der Waals surface area contributed by atoms with Crippen LogP contribution in [0.4, 0.5) is 0 Å². The first-order chi connectivity index (χ1) is 29.5. The average Bonchev–Trinajstić information content (AvgIpc) is 3.62. The molecule has 63 heavy (non-hydrogen) atoms. The number of fused-ring (bicyclic) bond motifs is 1. The number of benzene rings is 1. The van der Waals surface area contributed by atoms with Gasteiger partial charge >= 0.3 is 5.97 Å². The van der Waals surface area contributed by atoms with Crippen LogP contribution >= 0.6 is 0 Å². The first-order valence-electron chi connectivity index (χ1n) is 21.1. The van der Waals surface area contributed by atoms with Crippen LogP contribution in [0, 0.1) is 17.8 Å². The van der Waals surface area contributed by atoms with E-state index in [1.165, 1.54) is 58.2 Å². The standard InChI is InChI=1S/C44H62N8O11/c1-23(2)19-30-42(60)52-21-29(53)20-31(52)43(61)49(8)22-33(55)50(9)36(25(5)24(3)4)40(58)46-26(6)41(59)51(10)37(28-15-12-11-13-16-28)44(62)63-27(7)34(38(56)47-30)48-39(57)35-32(54)17-14-18-45-35/h11-18,23-27,29-31,34,36-37,53-54H,19-22H2,1-10H3,(H,46,58)(H,47,56)(H,48,57)/t25?,26-,27+,29+,30+,31+,34-,36-,37+/m0/s1. The Kier molecular flexibility index (Phi) is 16.8. The van der Waals surface area contributed by atoms with Crippen molar-refractivity contribution in [1.29, 1.82) is 0 Å². The molecule has 0 saturated carbocycles. The maximum atomic E-state index is 14.5. The topological polar surface area (TPSA) is 248 Å². The summed E-state index contributed by atoms with van der Waals surface area (Å²) >= 11 is 0. The van der Waals surface area contributed by atoms with Gasteiger partial charge in [0, 0.05) is 40.3 Å². The smallest absolute Gasteiger partial charge is 0.333 e. The Morgan fingerprint density at radius 3 is 2.13 bits per heavy atom. The molecule has 2 aromatic rings. The maximum Gasteiger partial charge on any atom is 0.333 e. The van der Waals surface area contributed by atoms with Crippen LogP contribution in [0.2, 0.25) is 0 Å². The van der Waals surface area contributed by atoms with Gasteiger partial charge in [-0.25, -0.2) is 9.78 Å². The number of hydrogen-bond acceptors (Lipinski definition) is 12. The minimum atomic E-state index is -1.74. The maximum absolute atomic E-state index is 14.5. The number of aliphatic hydroxyl groups excluding tert-OH is 1. The summed E-state index contributed by atoms with van der Waals surface area (Å²) in [5, 5.41) is 29.1. The minimum Gasteiger partial charge on any atom is -0.505 e. The van der Waals surface area contributed by atoms with Gasteiger partial charge in [0.15, 0.2) is 11.7 Å². The van der Waals surface area contributed by atoms with Crippen molar-refractivity contribution in [3.63, 3.8) is 0 Å². The lowest BCUT2D eigenvalue weighted by molar-refractivity contribution is -0.161. The molecule has 7 amide bonds. The highest BCUT2D eigenvalue weighted by atomic mass is 16.5. The number of aliphatic hydroxyl groups is 1. The number of ether oxygens (including phenoxy) is 1. The molecule has 0 bridgehead atoms. The van der Waals surface area contributed by atoms with Crippen molar-refractivity contribution in [2.45, 2.75) is 110 Å². The fourth-order valence-electron chi connectivity index (χ4n) is 7.82. The summed E-state index contributed by atoms with van der Waals surface area (Å²) in [7, 11) is 4.13. The number of likely N-dealkylation sites (N-methyl/N-ethyl adjacent to an activating group) is 3. The predicted octanol–water partition coefficient (Wildman–Crippen LogP) is 0.606. The molecule has 4 rings (SSSR count). The first kappa shape index (κ1) is 49.5. The molecule has 0 radical (unpaired) electrons. The van der Waals surface area contributed by atoms with Gasteiger partial charge in [0.1, 0.15) is 42.1 Å². The summed E-state index contributed by atoms with van der Waals surface area (Å²) in [6.45, 7) is 11.1. The van der Waals surface area contributed by atoms with Gasteiger partial charge in [-0.3, -0.25) is 33.6 Å². The lowest BCUT2D eigenvalue weighted by Gasteiger charge is -2.37. The zero-order valence-corrected chi connectivity index (χ0v) is 37.6. The zero-order chi connectivity index (χ0) is 47.0. The van der Waals surface area contributed by atoms with Crippen molar-refractivity contribution < 1.29 is 53.3 Å². The third-order valence-corrected chi connectivity index (χ3v) is 11.7. The molecule has 3 heterocycles. The number of rotatable bonds is 7. The summed E-state index contributed by atoms with van der Waals surface area (Å²) in [5.41, 5.74) is -0.145. The second-order valence-electron chi connectivity index (χ2n) is 17.3. The van der Waals surface area contributed by atoms with Crippen molar-refractivity contribution in [2.24, 2.45) is 17.8 Å². The average molecular weight is 879 g/mol. The van der Waals surface area contributed by atoms with Gasteiger partial charge in [0.2, 0.25) is 35.4 Å². The quantitative estimate of drug-likeness (QED) is 0.240. The number of amides is 7. The number of nitrogens with zero attached hydrogens (tertiary/aromatic N) is 5. The number of carbonyl (C=O) groups excluding carboxylic acids is 8. The molecule has 0 spiro atoms. The molecule has 2 saturated heterocycles. The molecular weight excluding hydrogens is 817 g/mol. The van der Waals surface area contributed by atoms with E-state index in [0.29, 0.717) is 5.56 Å². The van der Waals surface area contributed by atoms with Crippen LogP contribution in [0.3, 0.4) is 0 Å². The third kappa shape index (κ3) is 11.9. The normalized spacial score (nSPS) is 27.0. The van der Waals surface area contributed by atoms with Crippen LogP contribution in [0.1, 0.15) is 83.4 Å².